The number of benzene rings is 2. The van der Waals surface area contributed by atoms with Crippen molar-refractivity contribution < 1.29 is 0 Å². The molecular weight excluding hydrogens is 254 g/mol. The minimum Gasteiger partial charge on any atom is -0.299 e. The Bertz CT molecular complexity index is 660. The summed E-state index contributed by atoms with van der Waals surface area (Å²) in [5.41, 5.74) is 6.01. The van der Waals surface area contributed by atoms with Gasteiger partial charge in [0.25, 0.3) is 0 Å². The molecule has 0 aromatic heterocycles. The fraction of sp³-hybridized carbons (Fsp3) is 0.400. The monoisotopic (exact) mass is 277 g/mol. The smallest absolute Gasteiger partial charge is 0.0385 e. The van der Waals surface area contributed by atoms with Gasteiger partial charge in [-0.15, -0.1) is 0 Å². The van der Waals surface area contributed by atoms with Gasteiger partial charge in [-0.1, -0.05) is 54.1 Å². The van der Waals surface area contributed by atoms with Crippen LogP contribution < -0.4 is 0 Å². The average molecular weight is 277 g/mol. The lowest BCUT2D eigenvalue weighted by molar-refractivity contribution is 0.127. The molecule has 2 aliphatic rings. The second-order valence-electron chi connectivity index (χ2n) is 6.75. The van der Waals surface area contributed by atoms with Gasteiger partial charge >= 0.3 is 0 Å². The zero-order valence-corrected chi connectivity index (χ0v) is 12.9. The molecule has 1 fully saturated rings. The van der Waals surface area contributed by atoms with Crippen LogP contribution in [0.1, 0.15) is 47.1 Å². The molecule has 3 atom stereocenters. The number of hydrogen-bond donors (Lipinski definition) is 0. The molecule has 0 spiro atoms. The maximum absolute atomic E-state index is 2.57. The van der Waals surface area contributed by atoms with E-state index in [4.69, 9.17) is 0 Å². The molecule has 1 heteroatoms. The number of piperidine rings is 1. The second kappa shape index (κ2) is 4.99. The first kappa shape index (κ1) is 13.1. The van der Waals surface area contributed by atoms with Crippen molar-refractivity contribution in [3.05, 3.63) is 70.8 Å². The molecule has 1 aliphatic heterocycles. The standard InChI is InChI=1S/C20H23N/c1-14-7-5-8-15(13-14)19-16-9-3-4-10-17(16)20-18(19)11-6-12-21(20)2/h3-5,7-10,13,18-20H,6,11-12H2,1-2H3/t18-,19-,20+/m1/s1. The van der Waals surface area contributed by atoms with Crippen LogP contribution in [0.25, 0.3) is 0 Å². The van der Waals surface area contributed by atoms with E-state index in [1.54, 1.807) is 11.1 Å². The van der Waals surface area contributed by atoms with Crippen LogP contribution in [0.5, 0.6) is 0 Å². The van der Waals surface area contributed by atoms with E-state index in [9.17, 15) is 0 Å². The first-order chi connectivity index (χ1) is 10.3. The molecule has 0 saturated carbocycles. The molecule has 108 valence electrons. The van der Waals surface area contributed by atoms with Crippen LogP contribution in [0, 0.1) is 12.8 Å². The zero-order valence-electron chi connectivity index (χ0n) is 12.9. The quantitative estimate of drug-likeness (QED) is 0.740. The number of rotatable bonds is 1. The Morgan fingerprint density at radius 3 is 2.62 bits per heavy atom. The number of hydrogen-bond acceptors (Lipinski definition) is 1. The second-order valence-corrected chi connectivity index (χ2v) is 6.75. The Morgan fingerprint density at radius 2 is 1.81 bits per heavy atom. The molecule has 1 saturated heterocycles. The summed E-state index contributed by atoms with van der Waals surface area (Å²) in [7, 11) is 2.30. The van der Waals surface area contributed by atoms with Crippen LogP contribution in [-0.2, 0) is 0 Å². The van der Waals surface area contributed by atoms with Crippen molar-refractivity contribution in [2.45, 2.75) is 31.7 Å². The van der Waals surface area contributed by atoms with Crippen molar-refractivity contribution in [3.8, 4) is 0 Å². The highest BCUT2D eigenvalue weighted by atomic mass is 15.1. The number of aryl methyl sites for hydroxylation is 1. The summed E-state index contributed by atoms with van der Waals surface area (Å²) in [5, 5.41) is 0. The van der Waals surface area contributed by atoms with E-state index in [1.165, 1.54) is 30.5 Å². The van der Waals surface area contributed by atoms with Crippen molar-refractivity contribution in [2.24, 2.45) is 5.92 Å². The van der Waals surface area contributed by atoms with Crippen LogP contribution >= 0.6 is 0 Å². The predicted octanol–water partition coefficient (Wildman–Crippen LogP) is 4.52. The van der Waals surface area contributed by atoms with Crippen LogP contribution in [-0.4, -0.2) is 18.5 Å². The van der Waals surface area contributed by atoms with Crippen LogP contribution in [0.2, 0.25) is 0 Å². The molecular formula is C20H23N. The molecule has 2 aromatic rings. The summed E-state index contributed by atoms with van der Waals surface area (Å²) < 4.78 is 0. The van der Waals surface area contributed by atoms with Gasteiger partial charge in [0.1, 0.15) is 0 Å². The summed E-state index contributed by atoms with van der Waals surface area (Å²) >= 11 is 0. The SMILES string of the molecule is Cc1cccc([C@@H]2c3ccccc3[C@H]3[C@@H]2CCCN3C)c1. The van der Waals surface area contributed by atoms with Crippen LogP contribution in [0.4, 0.5) is 0 Å². The zero-order chi connectivity index (χ0) is 14.4. The largest absolute Gasteiger partial charge is 0.299 e. The van der Waals surface area contributed by atoms with Gasteiger partial charge in [0.2, 0.25) is 0 Å². The molecule has 0 amide bonds. The van der Waals surface area contributed by atoms with E-state index in [-0.39, 0.29) is 0 Å². The van der Waals surface area contributed by atoms with E-state index in [1.807, 2.05) is 0 Å². The van der Waals surface area contributed by atoms with Gasteiger partial charge in [-0.3, -0.25) is 4.90 Å². The summed E-state index contributed by atoms with van der Waals surface area (Å²) in [6.45, 7) is 3.44. The molecule has 2 aromatic carbocycles. The van der Waals surface area contributed by atoms with Gasteiger partial charge in [0.15, 0.2) is 0 Å². The molecule has 1 nitrogen and oxygen atoms in total. The summed E-state index contributed by atoms with van der Waals surface area (Å²) in [6.07, 6.45) is 2.68. The van der Waals surface area contributed by atoms with Crippen molar-refractivity contribution in [3.63, 3.8) is 0 Å². The molecule has 0 N–H and O–H groups in total. The minimum atomic E-state index is 0.578. The molecule has 1 aliphatic carbocycles. The molecule has 0 radical (unpaired) electrons. The molecule has 21 heavy (non-hydrogen) atoms. The van der Waals surface area contributed by atoms with Gasteiger partial charge < -0.3 is 0 Å². The fourth-order valence-corrected chi connectivity index (χ4v) is 4.60. The molecule has 4 rings (SSSR count). The lowest BCUT2D eigenvalue weighted by Crippen LogP contribution is -2.34. The lowest BCUT2D eigenvalue weighted by atomic mass is 9.80. The van der Waals surface area contributed by atoms with Gasteiger partial charge in [0, 0.05) is 12.0 Å². The van der Waals surface area contributed by atoms with Gasteiger partial charge in [-0.05, 0) is 56.0 Å². The third-order valence-corrected chi connectivity index (χ3v) is 5.41. The van der Waals surface area contributed by atoms with E-state index in [2.05, 4.69) is 67.4 Å². The average Bonchev–Trinajstić information content (AvgIpc) is 2.83. The first-order valence-corrected chi connectivity index (χ1v) is 8.11. The van der Waals surface area contributed by atoms with Crippen molar-refractivity contribution in [1.29, 1.82) is 0 Å². The van der Waals surface area contributed by atoms with Crippen molar-refractivity contribution >= 4 is 0 Å². The number of likely N-dealkylation sites (tertiary alicyclic amines) is 1. The van der Waals surface area contributed by atoms with E-state index >= 15 is 0 Å². The predicted molar refractivity (Wildman–Crippen MR) is 87.6 cm³/mol. The Balaban J connectivity index is 1.86. The van der Waals surface area contributed by atoms with E-state index in [0.717, 1.165) is 5.92 Å². The Hall–Kier alpha value is -1.60. The maximum Gasteiger partial charge on any atom is 0.0385 e. The number of fused-ring (bicyclic) bond motifs is 3. The van der Waals surface area contributed by atoms with Crippen molar-refractivity contribution in [2.75, 3.05) is 13.6 Å². The summed E-state index contributed by atoms with van der Waals surface area (Å²) in [5.74, 6) is 1.32. The van der Waals surface area contributed by atoms with Crippen LogP contribution in [0.3, 0.4) is 0 Å². The number of nitrogens with zero attached hydrogens (tertiary/aromatic N) is 1. The van der Waals surface area contributed by atoms with Crippen molar-refractivity contribution in [1.82, 2.24) is 4.90 Å². The minimum absolute atomic E-state index is 0.578. The normalized spacial score (nSPS) is 28.2. The summed E-state index contributed by atoms with van der Waals surface area (Å²) in [6, 6.07) is 18.9. The third-order valence-electron chi connectivity index (χ3n) is 5.41. The Labute approximate surface area is 127 Å². The van der Waals surface area contributed by atoms with Gasteiger partial charge in [-0.2, -0.15) is 0 Å². The van der Waals surface area contributed by atoms with Crippen LogP contribution in [0.15, 0.2) is 48.5 Å². The maximum atomic E-state index is 2.57. The lowest BCUT2D eigenvalue weighted by Gasteiger charge is -2.37. The summed E-state index contributed by atoms with van der Waals surface area (Å²) in [4.78, 5) is 2.57. The van der Waals surface area contributed by atoms with Gasteiger partial charge in [0.05, 0.1) is 0 Å². The highest BCUT2D eigenvalue weighted by Gasteiger charge is 2.44. The van der Waals surface area contributed by atoms with E-state index < -0.39 is 0 Å². The third kappa shape index (κ3) is 2.03. The van der Waals surface area contributed by atoms with E-state index in [0.29, 0.717) is 12.0 Å². The Kier molecular flexibility index (Phi) is 3.11. The molecule has 0 bridgehead atoms. The molecule has 0 unspecified atom stereocenters. The Morgan fingerprint density at radius 1 is 1.00 bits per heavy atom. The topological polar surface area (TPSA) is 3.24 Å². The molecule has 1 heterocycles. The highest BCUT2D eigenvalue weighted by molar-refractivity contribution is 5.47. The van der Waals surface area contributed by atoms with Gasteiger partial charge in [-0.25, -0.2) is 0 Å². The first-order valence-electron chi connectivity index (χ1n) is 8.11. The fourth-order valence-electron chi connectivity index (χ4n) is 4.60. The highest BCUT2D eigenvalue weighted by Crippen LogP contribution is 2.54.